The molecule has 0 aromatic heterocycles. The van der Waals surface area contributed by atoms with Gasteiger partial charge in [0.05, 0.1) is 6.42 Å². The van der Waals surface area contributed by atoms with E-state index in [0.29, 0.717) is 17.0 Å². The zero-order chi connectivity index (χ0) is 24.6. The lowest BCUT2D eigenvalue weighted by molar-refractivity contribution is -0.141. The molecule has 0 unspecified atom stereocenters. The van der Waals surface area contributed by atoms with Gasteiger partial charge in [0.25, 0.3) is 0 Å². The molecule has 4 nitrogen and oxygen atoms in total. The van der Waals surface area contributed by atoms with Crippen molar-refractivity contribution in [2.24, 2.45) is 0 Å². The largest absolute Gasteiger partial charge is 0.352 e. The molecule has 3 aromatic rings. The molecule has 0 saturated heterocycles. The van der Waals surface area contributed by atoms with Crippen molar-refractivity contribution in [1.82, 2.24) is 10.2 Å². The molecule has 3 aromatic carbocycles. The Hall–Kier alpha value is -3.18. The maximum Gasteiger partial charge on any atom is 0.243 e. The van der Waals surface area contributed by atoms with E-state index in [1.807, 2.05) is 48.5 Å². The van der Waals surface area contributed by atoms with Crippen LogP contribution in [0, 0.1) is 5.82 Å². The monoisotopic (exact) mass is 492 g/mol. The van der Waals surface area contributed by atoms with E-state index in [4.69, 9.17) is 11.6 Å². The fourth-order valence-electron chi connectivity index (χ4n) is 4.61. The average molecular weight is 493 g/mol. The standard InChI is InChI=1S/C29H30ClFN2O2/c30-26-13-7-4-10-23(26)20-33(28(34)19-22-14-16-24(31)17-15-22)27(18-21-8-2-1-3-9-21)29(35)32-25-11-5-6-12-25/h1-4,7-10,13-17,25,27H,5-6,11-12,18-20H2,(H,32,35)/t27-/m1/s1. The molecular formula is C29H30ClFN2O2. The van der Waals surface area contributed by atoms with Gasteiger partial charge in [-0.15, -0.1) is 0 Å². The number of amides is 2. The molecule has 35 heavy (non-hydrogen) atoms. The molecule has 0 aliphatic heterocycles. The molecule has 0 radical (unpaired) electrons. The molecule has 182 valence electrons. The molecule has 1 aliphatic carbocycles. The lowest BCUT2D eigenvalue weighted by atomic mass is 10.0. The minimum Gasteiger partial charge on any atom is -0.352 e. The van der Waals surface area contributed by atoms with E-state index in [2.05, 4.69) is 5.32 Å². The van der Waals surface area contributed by atoms with E-state index in [1.165, 1.54) is 12.1 Å². The van der Waals surface area contributed by atoms with Gasteiger partial charge in [0.2, 0.25) is 11.8 Å². The van der Waals surface area contributed by atoms with Crippen LogP contribution in [0.25, 0.3) is 0 Å². The van der Waals surface area contributed by atoms with Crippen molar-refractivity contribution in [2.75, 3.05) is 0 Å². The molecule has 1 N–H and O–H groups in total. The summed E-state index contributed by atoms with van der Waals surface area (Å²) in [7, 11) is 0. The van der Waals surface area contributed by atoms with E-state index in [0.717, 1.165) is 36.8 Å². The summed E-state index contributed by atoms with van der Waals surface area (Å²) < 4.78 is 13.4. The minimum absolute atomic E-state index is 0.0622. The molecule has 1 fully saturated rings. The topological polar surface area (TPSA) is 49.4 Å². The normalized spacial score (nSPS) is 14.5. The fraction of sp³-hybridized carbons (Fsp3) is 0.310. The van der Waals surface area contributed by atoms with Crippen LogP contribution in [0.15, 0.2) is 78.9 Å². The maximum atomic E-state index is 13.7. The van der Waals surface area contributed by atoms with Crippen LogP contribution < -0.4 is 5.32 Å². The minimum atomic E-state index is -0.706. The summed E-state index contributed by atoms with van der Waals surface area (Å²) in [5, 5.41) is 3.73. The Morgan fingerprint density at radius 1 is 0.914 bits per heavy atom. The first-order valence-corrected chi connectivity index (χ1v) is 12.5. The number of carbonyl (C=O) groups is 2. The van der Waals surface area contributed by atoms with Gasteiger partial charge in [0, 0.05) is 24.0 Å². The van der Waals surface area contributed by atoms with E-state index < -0.39 is 6.04 Å². The van der Waals surface area contributed by atoms with Gasteiger partial charge in [-0.25, -0.2) is 4.39 Å². The summed E-state index contributed by atoms with van der Waals surface area (Å²) in [6.07, 6.45) is 4.56. The predicted molar refractivity (Wildman–Crippen MR) is 136 cm³/mol. The Morgan fingerprint density at radius 2 is 1.57 bits per heavy atom. The van der Waals surface area contributed by atoms with E-state index >= 15 is 0 Å². The lowest BCUT2D eigenvalue weighted by Crippen LogP contribution is -2.52. The van der Waals surface area contributed by atoms with E-state index in [1.54, 1.807) is 23.1 Å². The first kappa shape index (κ1) is 24.9. The van der Waals surface area contributed by atoms with Crippen molar-refractivity contribution in [3.63, 3.8) is 0 Å². The number of carbonyl (C=O) groups excluding carboxylic acids is 2. The van der Waals surface area contributed by atoms with Gasteiger partial charge >= 0.3 is 0 Å². The van der Waals surface area contributed by atoms with E-state index in [-0.39, 0.29) is 36.6 Å². The van der Waals surface area contributed by atoms with Crippen LogP contribution in [0.3, 0.4) is 0 Å². The second-order valence-electron chi connectivity index (χ2n) is 9.11. The second-order valence-corrected chi connectivity index (χ2v) is 9.52. The predicted octanol–water partition coefficient (Wildman–Crippen LogP) is 5.72. The van der Waals surface area contributed by atoms with Gasteiger partial charge in [-0.1, -0.05) is 85.1 Å². The van der Waals surface area contributed by atoms with Crippen molar-refractivity contribution >= 4 is 23.4 Å². The Kier molecular flexibility index (Phi) is 8.54. The van der Waals surface area contributed by atoms with Crippen LogP contribution in [-0.4, -0.2) is 28.8 Å². The summed E-state index contributed by atoms with van der Waals surface area (Å²) in [4.78, 5) is 29.0. The van der Waals surface area contributed by atoms with Gasteiger partial charge in [-0.3, -0.25) is 9.59 Å². The summed E-state index contributed by atoms with van der Waals surface area (Å²) in [5.74, 6) is -0.716. The molecule has 4 rings (SSSR count). The third kappa shape index (κ3) is 6.92. The molecule has 0 bridgehead atoms. The first-order chi connectivity index (χ1) is 17.0. The van der Waals surface area contributed by atoms with Gasteiger partial charge in [-0.2, -0.15) is 0 Å². The van der Waals surface area contributed by atoms with Crippen LogP contribution in [0.1, 0.15) is 42.4 Å². The van der Waals surface area contributed by atoms with Crippen molar-refractivity contribution in [3.05, 3.63) is 106 Å². The van der Waals surface area contributed by atoms with Crippen LogP contribution in [0.2, 0.25) is 5.02 Å². The number of rotatable bonds is 9. The number of hydrogen-bond donors (Lipinski definition) is 1. The van der Waals surface area contributed by atoms with Crippen LogP contribution in [-0.2, 0) is 29.0 Å². The molecule has 6 heteroatoms. The van der Waals surface area contributed by atoms with Crippen molar-refractivity contribution < 1.29 is 14.0 Å². The molecular weight excluding hydrogens is 463 g/mol. The highest BCUT2D eigenvalue weighted by atomic mass is 35.5. The fourth-order valence-corrected chi connectivity index (χ4v) is 4.81. The van der Waals surface area contributed by atoms with Crippen molar-refractivity contribution in [2.45, 2.75) is 57.2 Å². The third-order valence-corrected chi connectivity index (χ3v) is 6.91. The van der Waals surface area contributed by atoms with Gasteiger partial charge in [0.1, 0.15) is 11.9 Å². The van der Waals surface area contributed by atoms with Gasteiger partial charge < -0.3 is 10.2 Å². The lowest BCUT2D eigenvalue weighted by Gasteiger charge is -2.32. The summed E-state index contributed by atoms with van der Waals surface area (Å²) in [5.41, 5.74) is 2.43. The highest BCUT2D eigenvalue weighted by Crippen LogP contribution is 2.23. The van der Waals surface area contributed by atoms with Crippen molar-refractivity contribution in [1.29, 1.82) is 0 Å². The quantitative estimate of drug-likeness (QED) is 0.415. The first-order valence-electron chi connectivity index (χ1n) is 12.1. The number of benzene rings is 3. The summed E-state index contributed by atoms with van der Waals surface area (Å²) in [6.45, 7) is 0.204. The number of nitrogens with zero attached hydrogens (tertiary/aromatic N) is 1. The number of halogens is 2. The van der Waals surface area contributed by atoms with Crippen LogP contribution >= 0.6 is 11.6 Å². The molecule has 2 amide bonds. The number of hydrogen-bond acceptors (Lipinski definition) is 2. The molecule has 1 saturated carbocycles. The molecule has 1 atom stereocenters. The Bertz CT molecular complexity index is 1130. The SMILES string of the molecule is O=C(NC1CCCC1)[C@@H](Cc1ccccc1)N(Cc1ccccc1Cl)C(=O)Cc1ccc(F)cc1. The Morgan fingerprint density at radius 3 is 2.26 bits per heavy atom. The summed E-state index contributed by atoms with van der Waals surface area (Å²) in [6, 6.07) is 22.4. The molecule has 0 spiro atoms. The highest BCUT2D eigenvalue weighted by Gasteiger charge is 2.32. The molecule has 1 aliphatic rings. The Balaban J connectivity index is 1.66. The maximum absolute atomic E-state index is 13.7. The zero-order valence-electron chi connectivity index (χ0n) is 19.6. The van der Waals surface area contributed by atoms with Crippen LogP contribution in [0.4, 0.5) is 4.39 Å². The Labute approximate surface area is 211 Å². The van der Waals surface area contributed by atoms with Gasteiger partial charge in [0.15, 0.2) is 0 Å². The average Bonchev–Trinajstić information content (AvgIpc) is 3.37. The smallest absolute Gasteiger partial charge is 0.243 e. The molecule has 0 heterocycles. The third-order valence-electron chi connectivity index (χ3n) is 6.54. The van der Waals surface area contributed by atoms with Crippen LogP contribution in [0.5, 0.6) is 0 Å². The second kappa shape index (κ2) is 12.0. The van der Waals surface area contributed by atoms with Crippen molar-refractivity contribution in [3.8, 4) is 0 Å². The number of nitrogens with one attached hydrogen (secondary N) is 1. The van der Waals surface area contributed by atoms with Gasteiger partial charge in [-0.05, 0) is 47.7 Å². The summed E-state index contributed by atoms with van der Waals surface area (Å²) >= 11 is 6.45. The van der Waals surface area contributed by atoms with E-state index in [9.17, 15) is 14.0 Å². The zero-order valence-corrected chi connectivity index (χ0v) is 20.4. The highest BCUT2D eigenvalue weighted by molar-refractivity contribution is 6.31.